The molecule has 0 aliphatic carbocycles. The second-order valence-electron chi connectivity index (χ2n) is 12.4. The number of halogens is 3. The molecule has 2 amide bonds. The Kier molecular flexibility index (Phi) is 11.1. The third-order valence-electron chi connectivity index (χ3n) is 8.84. The number of rotatable bonds is 10. The maximum atomic E-state index is 13.1. The van der Waals surface area contributed by atoms with Crippen LogP contribution in [0.25, 0.3) is 0 Å². The molecule has 48 heavy (non-hydrogen) atoms. The van der Waals surface area contributed by atoms with Gasteiger partial charge >= 0.3 is 12.1 Å². The Bertz CT molecular complexity index is 1570. The van der Waals surface area contributed by atoms with Crippen LogP contribution in [-0.2, 0) is 25.7 Å². The molecule has 3 aromatic carbocycles. The van der Waals surface area contributed by atoms with E-state index in [0.717, 1.165) is 11.1 Å². The van der Waals surface area contributed by atoms with Crippen molar-refractivity contribution < 1.29 is 47.6 Å². The van der Waals surface area contributed by atoms with Crippen LogP contribution >= 0.6 is 0 Å². The van der Waals surface area contributed by atoms with Crippen LogP contribution in [0.3, 0.4) is 0 Å². The number of alkyl halides is 3. The van der Waals surface area contributed by atoms with Crippen molar-refractivity contribution in [3.8, 4) is 5.75 Å². The summed E-state index contributed by atoms with van der Waals surface area (Å²) in [5.74, 6) is -2.85. The fourth-order valence-electron chi connectivity index (χ4n) is 6.28. The summed E-state index contributed by atoms with van der Waals surface area (Å²) < 4.78 is 52.3. The van der Waals surface area contributed by atoms with Crippen molar-refractivity contribution in [3.05, 3.63) is 95.1 Å². The Morgan fingerprint density at radius 2 is 1.77 bits per heavy atom. The van der Waals surface area contributed by atoms with E-state index < -0.39 is 48.6 Å². The van der Waals surface area contributed by atoms with Gasteiger partial charge in [0.05, 0.1) is 24.9 Å². The van der Waals surface area contributed by atoms with Crippen molar-refractivity contribution in [2.45, 2.75) is 63.2 Å². The number of amides is 2. The monoisotopic (exact) mass is 671 g/mol. The third kappa shape index (κ3) is 8.34. The minimum atomic E-state index is -5.07. The van der Waals surface area contributed by atoms with Crippen molar-refractivity contribution in [2.75, 3.05) is 32.0 Å². The van der Waals surface area contributed by atoms with Crippen molar-refractivity contribution in [2.24, 2.45) is 5.92 Å². The van der Waals surface area contributed by atoms with Gasteiger partial charge in [-0.2, -0.15) is 13.2 Å². The Balaban J connectivity index is 1.34. The maximum absolute atomic E-state index is 13.1. The molecule has 6 atom stereocenters. The molecule has 0 radical (unpaired) electrons. The molecule has 0 bridgehead atoms. The molecule has 2 fully saturated rings. The number of carbonyl (C=O) groups excluding carboxylic acids is 2. The molecule has 5 rings (SSSR count). The van der Waals surface area contributed by atoms with Gasteiger partial charge in [-0.25, -0.2) is 0 Å². The van der Waals surface area contributed by atoms with Gasteiger partial charge in [0.2, 0.25) is 5.91 Å². The molecule has 13 heteroatoms. The van der Waals surface area contributed by atoms with Gasteiger partial charge in [-0.1, -0.05) is 55.5 Å². The minimum absolute atomic E-state index is 0.0577. The van der Waals surface area contributed by atoms with Crippen LogP contribution in [0.4, 0.5) is 18.9 Å². The molecule has 4 N–H and O–H groups in total. The number of hydrogen-bond donors (Lipinski definition) is 4. The van der Waals surface area contributed by atoms with Gasteiger partial charge in [0.1, 0.15) is 11.8 Å². The molecule has 2 saturated heterocycles. The number of phenolic OH excluding ortho intramolecular Hbond substituents is 1. The van der Waals surface area contributed by atoms with Crippen molar-refractivity contribution in [1.29, 1.82) is 0 Å². The van der Waals surface area contributed by atoms with E-state index in [4.69, 9.17) is 9.47 Å². The first-order chi connectivity index (χ1) is 22.8. The second kappa shape index (κ2) is 15.0. The lowest BCUT2D eigenvalue weighted by atomic mass is 9.90. The highest BCUT2D eigenvalue weighted by Crippen LogP contribution is 2.42. The van der Waals surface area contributed by atoms with Crippen LogP contribution in [0.5, 0.6) is 5.75 Å². The zero-order chi connectivity index (χ0) is 34.6. The molecule has 10 nitrogen and oxygen atoms in total. The molecule has 2 heterocycles. The number of ether oxygens (including phenoxy) is 2. The summed E-state index contributed by atoms with van der Waals surface area (Å²) in [5.41, 5.74) is 3.04. The lowest BCUT2D eigenvalue weighted by Gasteiger charge is -2.42. The second-order valence-corrected chi connectivity index (χ2v) is 12.4. The molecule has 258 valence electrons. The van der Waals surface area contributed by atoms with Gasteiger partial charge < -0.3 is 39.9 Å². The van der Waals surface area contributed by atoms with Crippen LogP contribution in [0.1, 0.15) is 60.5 Å². The van der Waals surface area contributed by atoms with Crippen LogP contribution in [0.15, 0.2) is 72.8 Å². The smallest absolute Gasteiger partial charge is 0.471 e. The van der Waals surface area contributed by atoms with E-state index in [-0.39, 0.29) is 44.2 Å². The fourth-order valence-corrected chi connectivity index (χ4v) is 6.28. The number of phenols is 1. The SMILES string of the molecule is CC1C(CN(C)CC(O)c2cccc(O)c2)OC(c2cccc(NC(=O)C3CCCN3C(=O)C(F)(F)F)c2)OC1c1ccc(CO)cc1. The summed E-state index contributed by atoms with van der Waals surface area (Å²) in [4.78, 5) is 27.5. The Labute approximate surface area is 276 Å². The number of aliphatic hydroxyl groups excluding tert-OH is 2. The van der Waals surface area contributed by atoms with E-state index in [9.17, 15) is 38.1 Å². The summed E-state index contributed by atoms with van der Waals surface area (Å²) in [5, 5.41) is 32.9. The molecular formula is C35H40F3N3O7. The summed E-state index contributed by atoms with van der Waals surface area (Å²) >= 11 is 0. The molecule has 6 unspecified atom stereocenters. The first-order valence-electron chi connectivity index (χ1n) is 15.8. The topological polar surface area (TPSA) is 132 Å². The van der Waals surface area contributed by atoms with Gasteiger partial charge in [0.25, 0.3) is 0 Å². The largest absolute Gasteiger partial charge is 0.508 e. The number of likely N-dealkylation sites (N-methyl/N-ethyl adjacent to an activating group) is 1. The molecule has 3 aromatic rings. The van der Waals surface area contributed by atoms with Crippen LogP contribution in [-0.4, -0.2) is 81.9 Å². The quantitative estimate of drug-likeness (QED) is 0.241. The number of likely N-dealkylation sites (tertiary alicyclic amines) is 1. The fraction of sp³-hybridized carbons (Fsp3) is 0.429. The summed E-state index contributed by atoms with van der Waals surface area (Å²) in [6.07, 6.45) is -7.27. The molecule has 0 spiro atoms. The highest BCUT2D eigenvalue weighted by atomic mass is 19.4. The highest BCUT2D eigenvalue weighted by Gasteiger charge is 2.47. The van der Waals surface area contributed by atoms with Crippen LogP contribution in [0, 0.1) is 5.92 Å². The van der Waals surface area contributed by atoms with Crippen molar-refractivity contribution >= 4 is 17.5 Å². The van der Waals surface area contributed by atoms with E-state index in [1.165, 1.54) is 12.1 Å². The summed E-state index contributed by atoms with van der Waals surface area (Å²) in [7, 11) is 1.85. The molecular weight excluding hydrogens is 631 g/mol. The van der Waals surface area contributed by atoms with Crippen LogP contribution < -0.4 is 5.32 Å². The zero-order valence-corrected chi connectivity index (χ0v) is 26.6. The van der Waals surface area contributed by atoms with Gasteiger partial charge in [-0.15, -0.1) is 0 Å². The van der Waals surface area contributed by atoms with Gasteiger partial charge in [-0.3, -0.25) is 9.59 Å². The number of aromatic hydroxyl groups is 1. The Morgan fingerprint density at radius 1 is 1.04 bits per heavy atom. The van der Waals surface area contributed by atoms with Gasteiger partial charge in [0.15, 0.2) is 6.29 Å². The average molecular weight is 672 g/mol. The number of aliphatic hydroxyl groups is 2. The first-order valence-corrected chi connectivity index (χ1v) is 15.8. The summed E-state index contributed by atoms with van der Waals surface area (Å²) in [6.45, 7) is 2.40. The Hall–Kier alpha value is -4.01. The zero-order valence-electron chi connectivity index (χ0n) is 26.6. The number of anilines is 1. The van der Waals surface area contributed by atoms with E-state index in [2.05, 4.69) is 5.32 Å². The molecule has 2 aliphatic rings. The van der Waals surface area contributed by atoms with Crippen molar-refractivity contribution in [3.63, 3.8) is 0 Å². The highest BCUT2D eigenvalue weighted by molar-refractivity contribution is 5.98. The van der Waals surface area contributed by atoms with E-state index in [1.807, 2.05) is 43.1 Å². The third-order valence-corrected chi connectivity index (χ3v) is 8.84. The predicted octanol–water partition coefficient (Wildman–Crippen LogP) is 4.83. The predicted molar refractivity (Wildman–Crippen MR) is 169 cm³/mol. The van der Waals surface area contributed by atoms with E-state index >= 15 is 0 Å². The number of nitrogens with zero attached hydrogens (tertiary/aromatic N) is 2. The minimum Gasteiger partial charge on any atom is -0.508 e. The number of benzene rings is 3. The average Bonchev–Trinajstić information content (AvgIpc) is 3.55. The lowest BCUT2D eigenvalue weighted by Crippen LogP contribution is -2.48. The standard InChI is InChI=1S/C35H40F3N3O7/c1-21-30(19-40(2)18-29(44)24-6-4-9-27(43)17-24)47-33(48-31(21)23-13-11-22(20-42)12-14-23)25-7-3-8-26(16-25)39-32(45)28-10-5-15-41(28)34(46)35(36,37)38/h3-4,6-9,11-14,16-17,21,28-31,33,42-44H,5,10,15,18-20H2,1-2H3,(H,39,45). The molecule has 0 saturated carbocycles. The summed E-state index contributed by atoms with van der Waals surface area (Å²) in [6, 6.07) is 19.2. The van der Waals surface area contributed by atoms with Crippen LogP contribution in [0.2, 0.25) is 0 Å². The number of nitrogens with one attached hydrogen (secondary N) is 1. The Morgan fingerprint density at radius 3 is 2.46 bits per heavy atom. The first kappa shape index (κ1) is 35.3. The number of hydrogen-bond acceptors (Lipinski definition) is 8. The van der Waals surface area contributed by atoms with E-state index in [0.29, 0.717) is 28.3 Å². The number of carbonyl (C=O) groups is 2. The molecule has 2 aliphatic heterocycles. The van der Waals surface area contributed by atoms with E-state index in [1.54, 1.807) is 36.4 Å². The van der Waals surface area contributed by atoms with Crippen molar-refractivity contribution in [1.82, 2.24) is 9.80 Å². The molecule has 0 aromatic heterocycles. The lowest BCUT2D eigenvalue weighted by molar-refractivity contribution is -0.276. The van der Waals surface area contributed by atoms with Gasteiger partial charge in [0, 0.05) is 36.8 Å². The van der Waals surface area contributed by atoms with Gasteiger partial charge in [-0.05, 0) is 60.8 Å². The maximum Gasteiger partial charge on any atom is 0.471 e. The normalized spacial score (nSPS) is 23.7.